The normalized spacial score (nSPS) is 13.9. The Bertz CT molecular complexity index is 1740. The molecule has 1 aliphatic heterocycles. The van der Waals surface area contributed by atoms with Crippen molar-refractivity contribution in [3.05, 3.63) is 107 Å². The van der Waals surface area contributed by atoms with Crippen LogP contribution >= 0.6 is 0 Å². The highest BCUT2D eigenvalue weighted by molar-refractivity contribution is 5.85. The molecule has 0 bridgehead atoms. The van der Waals surface area contributed by atoms with Gasteiger partial charge in [-0.25, -0.2) is 0 Å². The molecule has 6 rings (SSSR count). The summed E-state index contributed by atoms with van der Waals surface area (Å²) < 4.78 is 0. The van der Waals surface area contributed by atoms with Gasteiger partial charge in [0.05, 0.1) is 0 Å². The Morgan fingerprint density at radius 3 is 1.61 bits per heavy atom. The number of anilines is 2. The van der Waals surface area contributed by atoms with Gasteiger partial charge in [-0.15, -0.1) is 0 Å². The number of unbranched alkanes of at least 4 members (excludes halogenated alkanes) is 18. The molecule has 4 aromatic rings. The minimum Gasteiger partial charge on any atom is -0.341 e. The molecule has 0 radical (unpaired) electrons. The van der Waals surface area contributed by atoms with Crippen LogP contribution in [0.1, 0.15) is 184 Å². The van der Waals surface area contributed by atoms with Gasteiger partial charge in [-0.2, -0.15) is 0 Å². The monoisotopic (exact) mass is 767 g/mol. The molecule has 1 aliphatic carbocycles. The van der Waals surface area contributed by atoms with Crippen molar-refractivity contribution in [1.29, 1.82) is 0 Å². The van der Waals surface area contributed by atoms with E-state index in [0.717, 1.165) is 32.4 Å². The second kappa shape index (κ2) is 23.3. The van der Waals surface area contributed by atoms with Crippen LogP contribution < -0.4 is 10.2 Å². The molecule has 0 fully saturated rings. The molecule has 0 saturated carbocycles. The molecule has 0 atom stereocenters. The van der Waals surface area contributed by atoms with Crippen LogP contribution in [0.4, 0.5) is 11.4 Å². The van der Waals surface area contributed by atoms with Gasteiger partial charge >= 0.3 is 0 Å². The highest BCUT2D eigenvalue weighted by Crippen LogP contribution is 2.55. The molecule has 0 spiro atoms. The van der Waals surface area contributed by atoms with Crippen LogP contribution in [0.5, 0.6) is 0 Å². The van der Waals surface area contributed by atoms with Gasteiger partial charge in [0.2, 0.25) is 0 Å². The van der Waals surface area contributed by atoms with Crippen LogP contribution in [-0.4, -0.2) is 20.1 Å². The summed E-state index contributed by atoms with van der Waals surface area (Å²) in [5, 5.41) is 3.39. The zero-order valence-corrected chi connectivity index (χ0v) is 36.6. The van der Waals surface area contributed by atoms with Gasteiger partial charge in [-0.05, 0) is 108 Å². The molecule has 1 N–H and O–H groups in total. The summed E-state index contributed by atoms with van der Waals surface area (Å²) in [6.45, 7) is 6.69. The minimum absolute atomic E-state index is 0.103. The largest absolute Gasteiger partial charge is 0.341 e. The van der Waals surface area contributed by atoms with E-state index in [-0.39, 0.29) is 5.41 Å². The topological polar surface area (TPSA) is 15.3 Å². The second-order valence-electron chi connectivity index (χ2n) is 17.8. The van der Waals surface area contributed by atoms with Crippen molar-refractivity contribution in [1.82, 2.24) is 5.32 Å². The molecule has 2 aliphatic rings. The van der Waals surface area contributed by atoms with Crippen molar-refractivity contribution in [3.8, 4) is 22.3 Å². The number of hydrogen-bond acceptors (Lipinski definition) is 2. The zero-order chi connectivity index (χ0) is 39.5. The fourth-order valence-electron chi connectivity index (χ4n) is 10.4. The minimum atomic E-state index is 0.103. The van der Waals surface area contributed by atoms with Gasteiger partial charge < -0.3 is 10.2 Å². The van der Waals surface area contributed by atoms with Crippen molar-refractivity contribution < 1.29 is 0 Å². The molecule has 0 amide bonds. The first-order valence-electron chi connectivity index (χ1n) is 24.1. The maximum atomic E-state index is 3.39. The van der Waals surface area contributed by atoms with E-state index in [1.54, 1.807) is 11.1 Å². The summed E-state index contributed by atoms with van der Waals surface area (Å²) >= 11 is 0. The van der Waals surface area contributed by atoms with E-state index in [0.29, 0.717) is 0 Å². The van der Waals surface area contributed by atoms with Gasteiger partial charge in [0.1, 0.15) is 0 Å². The predicted molar refractivity (Wildman–Crippen MR) is 250 cm³/mol. The first-order valence-corrected chi connectivity index (χ1v) is 24.1. The van der Waals surface area contributed by atoms with Crippen molar-refractivity contribution in [2.45, 2.75) is 180 Å². The molecule has 0 aromatic heterocycles. The Labute approximate surface area is 349 Å². The number of fused-ring (bicyclic) bond motifs is 5. The summed E-state index contributed by atoms with van der Waals surface area (Å²) in [6, 6.07) is 33.6. The third-order valence-corrected chi connectivity index (χ3v) is 13.6. The fourth-order valence-corrected chi connectivity index (χ4v) is 10.4. The fraction of sp³-hybridized carbons (Fsp3) is 0.564. The third-order valence-electron chi connectivity index (χ3n) is 13.6. The second-order valence-corrected chi connectivity index (χ2v) is 17.8. The van der Waals surface area contributed by atoms with Crippen LogP contribution in [0.15, 0.2) is 84.9 Å². The number of rotatable bonds is 27. The smallest absolute Gasteiger partial charge is 0.0449 e. The van der Waals surface area contributed by atoms with Gasteiger partial charge in [0.15, 0.2) is 0 Å². The summed E-state index contributed by atoms with van der Waals surface area (Å²) in [7, 11) is 2.07. The number of hydrogen-bond donors (Lipinski definition) is 1. The van der Waals surface area contributed by atoms with Crippen LogP contribution in [0.3, 0.4) is 0 Å². The molecule has 0 unspecified atom stereocenters. The first kappa shape index (κ1) is 43.2. The van der Waals surface area contributed by atoms with Crippen molar-refractivity contribution in [2.24, 2.45) is 0 Å². The van der Waals surface area contributed by atoms with E-state index in [1.165, 1.54) is 186 Å². The average molecular weight is 767 g/mol. The maximum Gasteiger partial charge on any atom is 0.0449 e. The van der Waals surface area contributed by atoms with Crippen LogP contribution in [0.25, 0.3) is 22.3 Å². The molecule has 4 aromatic carbocycles. The Hall–Kier alpha value is -3.36. The average Bonchev–Trinajstić information content (AvgIpc) is 3.41. The standard InChI is InChI=1S/C55H78N2/c1-4-6-8-10-12-14-16-18-20-26-39-55(40-27-21-19-17-15-13-11-9-7-5-2)51-31-24-23-30-49(51)50-38-37-47(43-52(50)55)48-36-35-46-34-33-45-29-22-25-32-53(45)57(54(46)44-48)42-28-41-56-3/h22-25,29-32,35-38,43-44,56H,4-21,26-28,33-34,39-42H2,1-3H3. The van der Waals surface area contributed by atoms with Crippen molar-refractivity contribution >= 4 is 11.4 Å². The quantitative estimate of drug-likeness (QED) is 0.0608. The lowest BCUT2D eigenvalue weighted by atomic mass is 9.70. The predicted octanol–water partition coefficient (Wildman–Crippen LogP) is 16.1. The van der Waals surface area contributed by atoms with Crippen LogP contribution in [0.2, 0.25) is 0 Å². The molecule has 1 heterocycles. The van der Waals surface area contributed by atoms with Gasteiger partial charge in [0, 0.05) is 23.3 Å². The maximum absolute atomic E-state index is 3.39. The highest BCUT2D eigenvalue weighted by Gasteiger charge is 2.42. The Morgan fingerprint density at radius 2 is 0.982 bits per heavy atom. The molecule has 2 nitrogen and oxygen atoms in total. The van der Waals surface area contributed by atoms with Crippen LogP contribution in [0, 0.1) is 0 Å². The molecule has 0 saturated heterocycles. The number of para-hydroxylation sites is 1. The van der Waals surface area contributed by atoms with E-state index in [9.17, 15) is 0 Å². The summed E-state index contributed by atoms with van der Waals surface area (Å²) in [5.74, 6) is 0. The highest BCUT2D eigenvalue weighted by atomic mass is 15.1. The molecular formula is C55H78N2. The third kappa shape index (κ3) is 11.4. The summed E-state index contributed by atoms with van der Waals surface area (Å²) in [5.41, 5.74) is 14.8. The Kier molecular flexibility index (Phi) is 17.7. The summed E-state index contributed by atoms with van der Waals surface area (Å²) in [6.07, 6.45) is 33.7. The lowest BCUT2D eigenvalue weighted by Crippen LogP contribution is -2.25. The molecule has 57 heavy (non-hydrogen) atoms. The van der Waals surface area contributed by atoms with E-state index in [4.69, 9.17) is 0 Å². The van der Waals surface area contributed by atoms with E-state index in [2.05, 4.69) is 116 Å². The number of nitrogens with one attached hydrogen (secondary N) is 1. The van der Waals surface area contributed by atoms with Crippen molar-refractivity contribution in [3.63, 3.8) is 0 Å². The van der Waals surface area contributed by atoms with E-state index < -0.39 is 0 Å². The van der Waals surface area contributed by atoms with Crippen LogP contribution in [-0.2, 0) is 18.3 Å². The summed E-state index contributed by atoms with van der Waals surface area (Å²) in [4.78, 5) is 2.63. The van der Waals surface area contributed by atoms with Gasteiger partial charge in [-0.3, -0.25) is 0 Å². The van der Waals surface area contributed by atoms with E-state index >= 15 is 0 Å². The Balaban J connectivity index is 1.25. The van der Waals surface area contributed by atoms with E-state index in [1.807, 2.05) is 0 Å². The lowest BCUT2D eigenvalue weighted by Gasteiger charge is -2.33. The molecule has 2 heteroatoms. The molecule has 308 valence electrons. The number of aryl methyl sites for hydroxylation is 2. The SMILES string of the molecule is CCCCCCCCCCCCC1(CCCCCCCCCCCC)c2ccccc2-c2ccc(-c3ccc4c(c3)N(CCCNC)c3ccccc3CC4)cc21. The zero-order valence-electron chi connectivity index (χ0n) is 36.6. The number of benzene rings is 4. The van der Waals surface area contributed by atoms with Gasteiger partial charge in [0.25, 0.3) is 0 Å². The first-order chi connectivity index (χ1) is 28.2. The van der Waals surface area contributed by atoms with Crippen molar-refractivity contribution in [2.75, 3.05) is 25.0 Å². The molecular weight excluding hydrogens is 689 g/mol. The number of nitrogens with zero attached hydrogens (tertiary/aromatic N) is 1. The van der Waals surface area contributed by atoms with Gasteiger partial charge in [-0.1, -0.05) is 209 Å². The lowest BCUT2D eigenvalue weighted by molar-refractivity contribution is 0.397. The Morgan fingerprint density at radius 1 is 0.474 bits per heavy atom.